The minimum Gasteiger partial charge on any atom is -0.388 e. The van der Waals surface area contributed by atoms with Crippen LogP contribution in [-0.4, -0.2) is 33.5 Å². The van der Waals surface area contributed by atoms with Gasteiger partial charge in [-0.25, -0.2) is 4.98 Å². The van der Waals surface area contributed by atoms with Gasteiger partial charge in [0, 0.05) is 26.1 Å². The number of aromatic nitrogens is 2. The molecule has 2 heterocycles. The average Bonchev–Trinajstić information content (AvgIpc) is 2.67. The minimum absolute atomic E-state index is 0.600. The second-order valence-corrected chi connectivity index (χ2v) is 5.07. The maximum atomic E-state index is 10.6. The maximum absolute atomic E-state index is 10.6. The van der Waals surface area contributed by atoms with E-state index in [0.717, 1.165) is 16.9 Å². The van der Waals surface area contributed by atoms with Gasteiger partial charge in [-0.2, -0.15) is 0 Å². The molecule has 1 N–H and O–H groups in total. The van der Waals surface area contributed by atoms with Crippen LogP contribution in [0.4, 0.5) is 0 Å². The number of benzene rings is 1. The summed E-state index contributed by atoms with van der Waals surface area (Å²) in [5.74, 6) is 0.955. The first-order valence-corrected chi connectivity index (χ1v) is 6.40. The van der Waals surface area contributed by atoms with E-state index in [-0.39, 0.29) is 0 Å². The van der Waals surface area contributed by atoms with Gasteiger partial charge in [-0.15, -0.1) is 0 Å². The van der Waals surface area contributed by atoms with Gasteiger partial charge in [0.05, 0.1) is 23.2 Å². The Morgan fingerprint density at radius 1 is 1.33 bits per heavy atom. The minimum atomic E-state index is -0.660. The molecule has 0 radical (unpaired) electrons. The molecule has 0 amide bonds. The van der Waals surface area contributed by atoms with Crippen molar-refractivity contribution in [2.45, 2.75) is 31.9 Å². The first-order chi connectivity index (χ1) is 8.68. The normalized spacial score (nSPS) is 19.2. The van der Waals surface area contributed by atoms with E-state index in [1.165, 1.54) is 0 Å². The van der Waals surface area contributed by atoms with Gasteiger partial charge in [-0.3, -0.25) is 0 Å². The molecule has 2 aromatic rings. The molecule has 1 aromatic carbocycles. The predicted octanol–water partition coefficient (Wildman–Crippen LogP) is 1.89. The third kappa shape index (κ3) is 2.02. The zero-order valence-corrected chi connectivity index (χ0v) is 10.6. The summed E-state index contributed by atoms with van der Waals surface area (Å²) in [5.41, 5.74) is 1.42. The van der Waals surface area contributed by atoms with E-state index in [9.17, 15) is 5.11 Å². The lowest BCUT2D eigenvalue weighted by Crippen LogP contribution is -2.40. The van der Waals surface area contributed by atoms with Crippen LogP contribution in [0.3, 0.4) is 0 Å². The van der Waals surface area contributed by atoms with Gasteiger partial charge in [0.1, 0.15) is 5.82 Å². The number of para-hydroxylation sites is 2. The summed E-state index contributed by atoms with van der Waals surface area (Å²) >= 11 is 0. The summed E-state index contributed by atoms with van der Waals surface area (Å²) in [5, 5.41) is 10.6. The third-order valence-corrected chi connectivity index (χ3v) is 3.72. The number of hydrogen-bond acceptors (Lipinski definition) is 3. The molecule has 96 valence electrons. The fourth-order valence-electron chi connectivity index (χ4n) is 2.60. The van der Waals surface area contributed by atoms with Gasteiger partial charge in [0.15, 0.2) is 0 Å². The van der Waals surface area contributed by atoms with Crippen molar-refractivity contribution in [2.75, 3.05) is 13.2 Å². The number of rotatable bonds is 2. The van der Waals surface area contributed by atoms with Gasteiger partial charge >= 0.3 is 0 Å². The van der Waals surface area contributed by atoms with E-state index >= 15 is 0 Å². The molecule has 1 aromatic heterocycles. The maximum Gasteiger partial charge on any atom is 0.106 e. The van der Waals surface area contributed by atoms with Gasteiger partial charge in [0.25, 0.3) is 0 Å². The number of ether oxygens (including phenoxy) is 1. The molecule has 0 saturated carbocycles. The number of fused-ring (bicyclic) bond motifs is 1. The van der Waals surface area contributed by atoms with Crippen LogP contribution >= 0.6 is 0 Å². The summed E-state index contributed by atoms with van der Waals surface area (Å²) in [6.07, 6.45) is 1.39. The lowest BCUT2D eigenvalue weighted by atomic mass is 9.94. The molecule has 1 aliphatic rings. The topological polar surface area (TPSA) is 47.3 Å². The molecule has 0 atom stereocenters. The molecule has 4 nitrogen and oxygen atoms in total. The standard InChI is InChI=1S/C14H18N2O2/c1-11-15-12-4-2-3-5-13(12)16(11)10-14(17)6-8-18-9-7-14/h2-5,17H,6-10H2,1H3. The number of hydrogen-bond donors (Lipinski definition) is 1. The molecule has 0 bridgehead atoms. The van der Waals surface area contributed by atoms with Crippen molar-refractivity contribution in [1.82, 2.24) is 9.55 Å². The summed E-state index contributed by atoms with van der Waals surface area (Å²) in [6.45, 7) is 3.87. The van der Waals surface area contributed by atoms with Crippen LogP contribution in [0.15, 0.2) is 24.3 Å². The van der Waals surface area contributed by atoms with Crippen molar-refractivity contribution >= 4 is 11.0 Å². The summed E-state index contributed by atoms with van der Waals surface area (Å²) in [7, 11) is 0. The molecular formula is C14H18N2O2. The Hall–Kier alpha value is -1.39. The Bertz CT molecular complexity index is 556. The highest BCUT2D eigenvalue weighted by Gasteiger charge is 2.31. The van der Waals surface area contributed by atoms with E-state index in [4.69, 9.17) is 4.74 Å². The van der Waals surface area contributed by atoms with Crippen molar-refractivity contribution in [2.24, 2.45) is 0 Å². The summed E-state index contributed by atoms with van der Waals surface area (Å²) in [4.78, 5) is 4.53. The summed E-state index contributed by atoms with van der Waals surface area (Å²) < 4.78 is 7.43. The van der Waals surface area contributed by atoms with E-state index in [1.807, 2.05) is 25.1 Å². The molecule has 18 heavy (non-hydrogen) atoms. The lowest BCUT2D eigenvalue weighted by Gasteiger charge is -2.32. The highest BCUT2D eigenvalue weighted by atomic mass is 16.5. The molecule has 1 saturated heterocycles. The first kappa shape index (κ1) is 11.7. The van der Waals surface area contributed by atoms with Crippen LogP contribution in [0, 0.1) is 6.92 Å². The van der Waals surface area contributed by atoms with Crippen LogP contribution in [0.25, 0.3) is 11.0 Å². The van der Waals surface area contributed by atoms with Crippen LogP contribution in [0.5, 0.6) is 0 Å². The first-order valence-electron chi connectivity index (χ1n) is 6.40. The van der Waals surface area contributed by atoms with Crippen LogP contribution in [0.2, 0.25) is 0 Å². The van der Waals surface area contributed by atoms with Gasteiger partial charge in [-0.05, 0) is 19.1 Å². The fourth-order valence-corrected chi connectivity index (χ4v) is 2.60. The molecule has 4 heteroatoms. The second-order valence-electron chi connectivity index (χ2n) is 5.07. The van der Waals surface area contributed by atoms with E-state index in [0.29, 0.717) is 32.6 Å². The van der Waals surface area contributed by atoms with Crippen LogP contribution in [0.1, 0.15) is 18.7 Å². The van der Waals surface area contributed by atoms with E-state index in [1.54, 1.807) is 0 Å². The highest BCUT2D eigenvalue weighted by Crippen LogP contribution is 2.25. The van der Waals surface area contributed by atoms with Crippen molar-refractivity contribution in [3.63, 3.8) is 0 Å². The molecule has 1 fully saturated rings. The van der Waals surface area contributed by atoms with Crippen LogP contribution in [-0.2, 0) is 11.3 Å². The Kier molecular flexibility index (Phi) is 2.84. The Morgan fingerprint density at radius 2 is 2.06 bits per heavy atom. The van der Waals surface area contributed by atoms with Crippen LogP contribution < -0.4 is 0 Å². The Balaban J connectivity index is 1.96. The molecule has 0 aliphatic carbocycles. The van der Waals surface area contributed by atoms with Gasteiger partial charge in [0.2, 0.25) is 0 Å². The number of aryl methyl sites for hydroxylation is 1. The van der Waals surface area contributed by atoms with Crippen molar-refractivity contribution in [3.8, 4) is 0 Å². The predicted molar refractivity (Wildman–Crippen MR) is 69.5 cm³/mol. The average molecular weight is 246 g/mol. The highest BCUT2D eigenvalue weighted by molar-refractivity contribution is 5.75. The molecule has 0 unspecified atom stereocenters. The van der Waals surface area contributed by atoms with Crippen molar-refractivity contribution < 1.29 is 9.84 Å². The zero-order chi connectivity index (χ0) is 12.6. The van der Waals surface area contributed by atoms with Crippen molar-refractivity contribution in [3.05, 3.63) is 30.1 Å². The third-order valence-electron chi connectivity index (χ3n) is 3.72. The number of imidazole rings is 1. The van der Waals surface area contributed by atoms with Crippen molar-refractivity contribution in [1.29, 1.82) is 0 Å². The molecule has 3 rings (SSSR count). The molecule has 1 aliphatic heterocycles. The monoisotopic (exact) mass is 246 g/mol. The second kappa shape index (κ2) is 4.37. The smallest absolute Gasteiger partial charge is 0.106 e. The lowest BCUT2D eigenvalue weighted by molar-refractivity contribution is -0.0725. The number of nitrogens with zero attached hydrogens (tertiary/aromatic N) is 2. The van der Waals surface area contributed by atoms with Gasteiger partial charge < -0.3 is 14.4 Å². The largest absolute Gasteiger partial charge is 0.388 e. The van der Waals surface area contributed by atoms with Gasteiger partial charge in [-0.1, -0.05) is 12.1 Å². The summed E-state index contributed by atoms with van der Waals surface area (Å²) in [6, 6.07) is 8.06. The Labute approximate surface area is 106 Å². The fraction of sp³-hybridized carbons (Fsp3) is 0.500. The quantitative estimate of drug-likeness (QED) is 0.880. The number of aliphatic hydroxyl groups is 1. The van der Waals surface area contributed by atoms with E-state index in [2.05, 4.69) is 15.6 Å². The Morgan fingerprint density at radius 3 is 2.83 bits per heavy atom. The molecular weight excluding hydrogens is 228 g/mol. The SMILES string of the molecule is Cc1nc2ccccc2n1CC1(O)CCOCC1. The zero-order valence-electron chi connectivity index (χ0n) is 10.6. The van der Waals surface area contributed by atoms with E-state index < -0.39 is 5.60 Å². The molecule has 0 spiro atoms.